The van der Waals surface area contributed by atoms with Gasteiger partial charge < -0.3 is 4.98 Å². The third kappa shape index (κ3) is 1.67. The largest absolute Gasteiger partial charge is 0.416 e. The first kappa shape index (κ1) is 11.0. The number of carbonyl (C=O) groups excluding carboxylic acids is 1. The Bertz CT molecular complexity index is 559. The Labute approximate surface area is 93.0 Å². The molecule has 0 aliphatic heterocycles. The molecule has 0 aliphatic carbocycles. The van der Waals surface area contributed by atoms with Gasteiger partial charge in [-0.3, -0.25) is 4.79 Å². The molecule has 16 heavy (non-hydrogen) atoms. The summed E-state index contributed by atoms with van der Waals surface area (Å²) in [4.78, 5) is 13.3. The number of nitrogens with one attached hydrogen (secondary N) is 1. The standard InChI is InChI=1S/C10H5ClF3NO/c11-9-7(4-16)6-3-5(10(12,13)14)1-2-8(6)15-9/h1-4,15H. The van der Waals surface area contributed by atoms with E-state index in [1.807, 2.05) is 0 Å². The van der Waals surface area contributed by atoms with Gasteiger partial charge in [0.05, 0.1) is 11.1 Å². The minimum atomic E-state index is -4.43. The number of aromatic amines is 1. The van der Waals surface area contributed by atoms with E-state index in [-0.39, 0.29) is 16.1 Å². The SMILES string of the molecule is O=Cc1c(Cl)[nH]c2ccc(C(F)(F)F)cc12. The molecule has 2 aromatic rings. The highest BCUT2D eigenvalue weighted by molar-refractivity contribution is 6.34. The molecular formula is C10H5ClF3NO. The van der Waals surface area contributed by atoms with Crippen molar-refractivity contribution in [3.63, 3.8) is 0 Å². The predicted octanol–water partition coefficient (Wildman–Crippen LogP) is 3.65. The molecule has 0 bridgehead atoms. The number of hydrogen-bond acceptors (Lipinski definition) is 1. The smallest absolute Gasteiger partial charge is 0.345 e. The van der Waals surface area contributed by atoms with E-state index in [1.54, 1.807) is 0 Å². The first-order valence-corrected chi connectivity index (χ1v) is 4.65. The average Bonchev–Trinajstić information content (AvgIpc) is 2.50. The molecule has 2 rings (SSSR count). The molecule has 6 heteroatoms. The van der Waals surface area contributed by atoms with Crippen LogP contribution in [0.1, 0.15) is 15.9 Å². The van der Waals surface area contributed by atoms with E-state index in [0.717, 1.165) is 12.1 Å². The molecule has 0 aliphatic rings. The highest BCUT2D eigenvalue weighted by Crippen LogP contribution is 2.33. The van der Waals surface area contributed by atoms with Gasteiger partial charge in [-0.15, -0.1) is 0 Å². The van der Waals surface area contributed by atoms with E-state index >= 15 is 0 Å². The van der Waals surface area contributed by atoms with Crippen LogP contribution in [0.3, 0.4) is 0 Å². The number of carbonyl (C=O) groups is 1. The fraction of sp³-hybridized carbons (Fsp3) is 0.100. The maximum Gasteiger partial charge on any atom is 0.416 e. The Morgan fingerprint density at radius 1 is 1.31 bits per heavy atom. The van der Waals surface area contributed by atoms with Crippen LogP contribution < -0.4 is 0 Å². The van der Waals surface area contributed by atoms with Crippen LogP contribution in [-0.4, -0.2) is 11.3 Å². The molecule has 0 radical (unpaired) electrons. The second-order valence-corrected chi connectivity index (χ2v) is 3.61. The zero-order chi connectivity index (χ0) is 11.9. The molecule has 0 atom stereocenters. The van der Waals surface area contributed by atoms with Crippen molar-refractivity contribution < 1.29 is 18.0 Å². The minimum Gasteiger partial charge on any atom is -0.345 e. The van der Waals surface area contributed by atoms with E-state index in [9.17, 15) is 18.0 Å². The maximum atomic E-state index is 12.4. The van der Waals surface area contributed by atoms with E-state index < -0.39 is 11.7 Å². The van der Waals surface area contributed by atoms with Gasteiger partial charge in [-0.25, -0.2) is 0 Å². The Morgan fingerprint density at radius 2 is 2.00 bits per heavy atom. The molecule has 1 aromatic heterocycles. The molecule has 84 valence electrons. The number of aldehydes is 1. The van der Waals surface area contributed by atoms with Gasteiger partial charge >= 0.3 is 6.18 Å². The fourth-order valence-electron chi connectivity index (χ4n) is 1.47. The van der Waals surface area contributed by atoms with E-state index in [0.29, 0.717) is 11.8 Å². The van der Waals surface area contributed by atoms with Gasteiger partial charge in [0, 0.05) is 10.9 Å². The topological polar surface area (TPSA) is 32.9 Å². The number of hydrogen-bond donors (Lipinski definition) is 1. The summed E-state index contributed by atoms with van der Waals surface area (Å²) in [5.41, 5.74) is -0.360. The highest BCUT2D eigenvalue weighted by Gasteiger charge is 2.30. The number of H-pyrrole nitrogens is 1. The van der Waals surface area contributed by atoms with Gasteiger partial charge in [-0.2, -0.15) is 13.2 Å². The normalized spacial score (nSPS) is 12.0. The maximum absolute atomic E-state index is 12.4. The summed E-state index contributed by atoms with van der Waals surface area (Å²) in [6.07, 6.45) is -4.00. The van der Waals surface area contributed by atoms with Crippen molar-refractivity contribution in [2.75, 3.05) is 0 Å². The van der Waals surface area contributed by atoms with Crippen molar-refractivity contribution in [1.29, 1.82) is 0 Å². The Kier molecular flexibility index (Phi) is 2.42. The summed E-state index contributed by atoms with van der Waals surface area (Å²) in [5, 5.41) is 0.221. The van der Waals surface area contributed by atoms with Crippen LogP contribution in [0.4, 0.5) is 13.2 Å². The van der Waals surface area contributed by atoms with Crippen molar-refractivity contribution in [2.24, 2.45) is 0 Å². The van der Waals surface area contributed by atoms with Crippen LogP contribution in [0.2, 0.25) is 5.15 Å². The summed E-state index contributed by atoms with van der Waals surface area (Å²) in [7, 11) is 0. The lowest BCUT2D eigenvalue weighted by atomic mass is 10.1. The lowest BCUT2D eigenvalue weighted by molar-refractivity contribution is -0.137. The number of benzene rings is 1. The Hall–Kier alpha value is -1.49. The highest BCUT2D eigenvalue weighted by atomic mass is 35.5. The third-order valence-corrected chi connectivity index (χ3v) is 2.53. The van der Waals surface area contributed by atoms with Crippen LogP contribution in [0, 0.1) is 0 Å². The molecule has 0 amide bonds. The number of aromatic nitrogens is 1. The quantitative estimate of drug-likeness (QED) is 0.767. The molecule has 0 spiro atoms. The fourth-order valence-corrected chi connectivity index (χ4v) is 1.72. The number of alkyl halides is 3. The van der Waals surface area contributed by atoms with Crippen molar-refractivity contribution >= 4 is 28.8 Å². The lowest BCUT2D eigenvalue weighted by Crippen LogP contribution is -2.04. The second-order valence-electron chi connectivity index (χ2n) is 3.23. The number of fused-ring (bicyclic) bond motifs is 1. The first-order valence-electron chi connectivity index (χ1n) is 4.27. The molecule has 0 unspecified atom stereocenters. The zero-order valence-electron chi connectivity index (χ0n) is 7.73. The molecule has 1 heterocycles. The Balaban J connectivity index is 2.73. The van der Waals surface area contributed by atoms with E-state index in [2.05, 4.69) is 4.98 Å². The van der Waals surface area contributed by atoms with Crippen LogP contribution >= 0.6 is 11.6 Å². The zero-order valence-corrected chi connectivity index (χ0v) is 8.49. The van der Waals surface area contributed by atoms with Gasteiger partial charge in [0.2, 0.25) is 0 Å². The molecule has 1 aromatic carbocycles. The average molecular weight is 248 g/mol. The summed E-state index contributed by atoms with van der Waals surface area (Å²) in [5.74, 6) is 0. The minimum absolute atomic E-state index is 0.0442. The van der Waals surface area contributed by atoms with Crippen molar-refractivity contribution in [3.8, 4) is 0 Å². The lowest BCUT2D eigenvalue weighted by Gasteiger charge is -2.05. The van der Waals surface area contributed by atoms with Crippen molar-refractivity contribution in [1.82, 2.24) is 4.98 Å². The molecular weight excluding hydrogens is 243 g/mol. The van der Waals surface area contributed by atoms with Gasteiger partial charge in [-0.05, 0) is 18.2 Å². The van der Waals surface area contributed by atoms with Crippen LogP contribution in [0.15, 0.2) is 18.2 Å². The monoisotopic (exact) mass is 247 g/mol. The summed E-state index contributed by atoms with van der Waals surface area (Å²) in [6, 6.07) is 3.09. The van der Waals surface area contributed by atoms with Crippen molar-refractivity contribution in [2.45, 2.75) is 6.18 Å². The second kappa shape index (κ2) is 3.52. The van der Waals surface area contributed by atoms with Crippen molar-refractivity contribution in [3.05, 3.63) is 34.5 Å². The molecule has 1 N–H and O–H groups in total. The van der Waals surface area contributed by atoms with Gasteiger partial charge in [0.25, 0.3) is 0 Å². The van der Waals surface area contributed by atoms with Crippen LogP contribution in [-0.2, 0) is 6.18 Å². The third-order valence-electron chi connectivity index (χ3n) is 2.24. The van der Waals surface area contributed by atoms with E-state index in [1.165, 1.54) is 6.07 Å². The summed E-state index contributed by atoms with van der Waals surface area (Å²) >= 11 is 5.67. The van der Waals surface area contributed by atoms with Gasteiger partial charge in [0.1, 0.15) is 5.15 Å². The molecule has 0 saturated carbocycles. The van der Waals surface area contributed by atoms with Gasteiger partial charge in [0.15, 0.2) is 6.29 Å². The van der Waals surface area contributed by atoms with Gasteiger partial charge in [-0.1, -0.05) is 11.6 Å². The molecule has 0 saturated heterocycles. The predicted molar refractivity (Wildman–Crippen MR) is 53.7 cm³/mol. The first-order chi connectivity index (χ1) is 7.43. The summed E-state index contributed by atoms with van der Waals surface area (Å²) < 4.78 is 37.3. The number of rotatable bonds is 1. The Morgan fingerprint density at radius 3 is 2.56 bits per heavy atom. The summed E-state index contributed by atoms with van der Waals surface area (Å²) in [6.45, 7) is 0. The number of halogens is 4. The van der Waals surface area contributed by atoms with E-state index in [4.69, 9.17) is 11.6 Å². The molecule has 0 fully saturated rings. The van der Waals surface area contributed by atoms with Crippen LogP contribution in [0.25, 0.3) is 10.9 Å². The molecule has 2 nitrogen and oxygen atoms in total. The van der Waals surface area contributed by atoms with Crippen LogP contribution in [0.5, 0.6) is 0 Å².